The van der Waals surface area contributed by atoms with Gasteiger partial charge in [-0.2, -0.15) is 0 Å². The van der Waals surface area contributed by atoms with Crippen LogP contribution in [0, 0.1) is 5.41 Å². The lowest BCUT2D eigenvalue weighted by molar-refractivity contribution is -0.238. The van der Waals surface area contributed by atoms with E-state index in [1.165, 1.54) is 4.88 Å². The molecular weight excluding hydrogens is 246 g/mol. The Hall–Kier alpha value is -0.420. The van der Waals surface area contributed by atoms with Gasteiger partial charge in [0.2, 0.25) is 0 Å². The highest BCUT2D eigenvalue weighted by Gasteiger charge is 2.59. The van der Waals surface area contributed by atoms with E-state index in [0.29, 0.717) is 13.2 Å². The van der Waals surface area contributed by atoms with Gasteiger partial charge in [-0.15, -0.1) is 11.3 Å². The molecule has 102 valence electrons. The van der Waals surface area contributed by atoms with Crippen LogP contribution in [-0.4, -0.2) is 30.0 Å². The fourth-order valence-electron chi connectivity index (χ4n) is 2.57. The van der Waals surface area contributed by atoms with Crippen molar-refractivity contribution in [2.45, 2.75) is 45.4 Å². The highest BCUT2D eigenvalue weighted by molar-refractivity contribution is 7.09. The number of thiophene rings is 1. The van der Waals surface area contributed by atoms with Gasteiger partial charge in [0.15, 0.2) is 0 Å². The zero-order valence-electron chi connectivity index (χ0n) is 11.4. The minimum Gasteiger partial charge on any atom is -0.388 e. The molecule has 1 heterocycles. The molecule has 0 aromatic carbocycles. The fraction of sp³-hybridized carbons (Fsp3) is 0.714. The lowest BCUT2D eigenvalue weighted by Gasteiger charge is -2.58. The van der Waals surface area contributed by atoms with E-state index in [1.54, 1.807) is 11.3 Å². The summed E-state index contributed by atoms with van der Waals surface area (Å²) in [7, 11) is 0. The normalized spacial score (nSPS) is 30.1. The lowest BCUT2D eigenvalue weighted by atomic mass is 9.56. The van der Waals surface area contributed by atoms with Crippen LogP contribution in [0.25, 0.3) is 0 Å². The van der Waals surface area contributed by atoms with Gasteiger partial charge in [0, 0.05) is 36.4 Å². The van der Waals surface area contributed by atoms with Crippen molar-refractivity contribution in [1.29, 1.82) is 0 Å². The number of ether oxygens (including phenoxy) is 1. The maximum atomic E-state index is 10.6. The first-order valence-corrected chi connectivity index (χ1v) is 7.44. The van der Waals surface area contributed by atoms with Crippen LogP contribution in [-0.2, 0) is 11.3 Å². The van der Waals surface area contributed by atoms with Gasteiger partial charge in [0.1, 0.15) is 0 Å². The molecule has 18 heavy (non-hydrogen) atoms. The Labute approximate surface area is 113 Å². The average Bonchev–Trinajstić information content (AvgIpc) is 2.82. The summed E-state index contributed by atoms with van der Waals surface area (Å²) in [5.74, 6) is 0. The number of hydrogen-bond acceptors (Lipinski definition) is 4. The van der Waals surface area contributed by atoms with Crippen molar-refractivity contribution in [3.05, 3.63) is 22.4 Å². The number of nitrogens with one attached hydrogen (secondary N) is 1. The molecule has 0 aliphatic heterocycles. The van der Waals surface area contributed by atoms with E-state index in [-0.39, 0.29) is 11.5 Å². The number of hydrogen-bond donors (Lipinski definition) is 2. The highest BCUT2D eigenvalue weighted by atomic mass is 32.1. The maximum absolute atomic E-state index is 10.6. The zero-order chi connectivity index (χ0) is 13.2. The van der Waals surface area contributed by atoms with E-state index in [1.807, 2.05) is 6.92 Å². The van der Waals surface area contributed by atoms with Gasteiger partial charge in [-0.1, -0.05) is 19.9 Å². The molecule has 2 rings (SSSR count). The van der Waals surface area contributed by atoms with Crippen LogP contribution in [0.1, 0.15) is 32.1 Å². The van der Waals surface area contributed by atoms with Gasteiger partial charge in [-0.25, -0.2) is 0 Å². The highest BCUT2D eigenvalue weighted by Crippen LogP contribution is 2.50. The van der Waals surface area contributed by atoms with E-state index >= 15 is 0 Å². The molecule has 4 heteroatoms. The largest absolute Gasteiger partial charge is 0.388 e. The summed E-state index contributed by atoms with van der Waals surface area (Å²) >= 11 is 1.74. The first-order valence-electron chi connectivity index (χ1n) is 6.56. The molecule has 3 nitrogen and oxygen atoms in total. The monoisotopic (exact) mass is 269 g/mol. The van der Waals surface area contributed by atoms with Crippen LogP contribution in [0.3, 0.4) is 0 Å². The Morgan fingerprint density at radius 2 is 2.33 bits per heavy atom. The maximum Gasteiger partial charge on any atom is 0.0871 e. The molecule has 0 amide bonds. The fourth-order valence-corrected chi connectivity index (χ4v) is 3.24. The molecule has 0 spiro atoms. The Balaban J connectivity index is 1.82. The van der Waals surface area contributed by atoms with Crippen molar-refractivity contribution in [2.24, 2.45) is 5.41 Å². The Morgan fingerprint density at radius 3 is 2.89 bits per heavy atom. The first kappa shape index (κ1) is 14.0. The molecule has 0 bridgehead atoms. The SMILES string of the molecule is CCO[C@H]1C[C@@](O)(CNCc2cccs2)C1(C)C. The number of rotatable bonds is 6. The third-order valence-corrected chi connectivity index (χ3v) is 5.07. The van der Waals surface area contributed by atoms with Gasteiger partial charge in [0.05, 0.1) is 11.7 Å². The van der Waals surface area contributed by atoms with Gasteiger partial charge < -0.3 is 15.2 Å². The van der Waals surface area contributed by atoms with E-state index < -0.39 is 5.60 Å². The van der Waals surface area contributed by atoms with E-state index in [9.17, 15) is 5.11 Å². The van der Waals surface area contributed by atoms with Crippen molar-refractivity contribution in [2.75, 3.05) is 13.2 Å². The molecule has 2 atom stereocenters. The molecule has 1 aliphatic rings. The van der Waals surface area contributed by atoms with Crippen molar-refractivity contribution >= 4 is 11.3 Å². The summed E-state index contributed by atoms with van der Waals surface area (Å²) < 4.78 is 5.66. The molecule has 0 radical (unpaired) electrons. The topological polar surface area (TPSA) is 41.5 Å². The van der Waals surface area contributed by atoms with Crippen molar-refractivity contribution in [3.8, 4) is 0 Å². The summed E-state index contributed by atoms with van der Waals surface area (Å²) in [4.78, 5) is 1.30. The van der Waals surface area contributed by atoms with E-state index in [0.717, 1.165) is 13.0 Å². The Kier molecular flexibility index (Phi) is 4.11. The van der Waals surface area contributed by atoms with Gasteiger partial charge in [-0.3, -0.25) is 0 Å². The summed E-state index contributed by atoms with van der Waals surface area (Å²) in [5, 5.41) is 16.1. The smallest absolute Gasteiger partial charge is 0.0871 e. The van der Waals surface area contributed by atoms with Crippen LogP contribution in [0.5, 0.6) is 0 Å². The molecule has 0 unspecified atom stereocenters. The lowest BCUT2D eigenvalue weighted by Crippen LogP contribution is -2.68. The Bertz CT molecular complexity index is 377. The second-order valence-corrected chi connectivity index (χ2v) is 6.62. The minimum absolute atomic E-state index is 0.175. The van der Waals surface area contributed by atoms with Crippen LogP contribution in [0.2, 0.25) is 0 Å². The summed E-state index contributed by atoms with van der Waals surface area (Å²) in [5.41, 5.74) is -0.824. The average molecular weight is 269 g/mol. The summed E-state index contributed by atoms with van der Waals surface area (Å²) in [6.45, 7) is 8.35. The van der Waals surface area contributed by atoms with Crippen LogP contribution in [0.4, 0.5) is 0 Å². The molecule has 1 fully saturated rings. The van der Waals surface area contributed by atoms with Gasteiger partial charge >= 0.3 is 0 Å². The predicted molar refractivity (Wildman–Crippen MR) is 74.8 cm³/mol. The van der Waals surface area contributed by atoms with Crippen LogP contribution < -0.4 is 5.32 Å². The molecular formula is C14H23NO2S. The van der Waals surface area contributed by atoms with Crippen LogP contribution in [0.15, 0.2) is 17.5 Å². The zero-order valence-corrected chi connectivity index (χ0v) is 12.2. The van der Waals surface area contributed by atoms with Crippen molar-refractivity contribution < 1.29 is 9.84 Å². The minimum atomic E-state index is -0.649. The second-order valence-electron chi connectivity index (χ2n) is 5.58. The van der Waals surface area contributed by atoms with Crippen molar-refractivity contribution in [3.63, 3.8) is 0 Å². The van der Waals surface area contributed by atoms with E-state index in [2.05, 4.69) is 36.7 Å². The predicted octanol–water partition coefficient (Wildman–Crippen LogP) is 2.40. The molecule has 1 aliphatic carbocycles. The third kappa shape index (κ3) is 2.48. The van der Waals surface area contributed by atoms with Gasteiger partial charge in [0.25, 0.3) is 0 Å². The van der Waals surface area contributed by atoms with Gasteiger partial charge in [-0.05, 0) is 18.4 Å². The summed E-state index contributed by atoms with van der Waals surface area (Å²) in [6, 6.07) is 4.16. The van der Waals surface area contributed by atoms with Crippen molar-refractivity contribution in [1.82, 2.24) is 5.32 Å². The molecule has 1 saturated carbocycles. The first-order chi connectivity index (χ1) is 8.49. The second kappa shape index (κ2) is 5.29. The van der Waals surface area contributed by atoms with Crippen LogP contribution >= 0.6 is 11.3 Å². The summed E-state index contributed by atoms with van der Waals surface area (Å²) in [6.07, 6.45) is 0.904. The number of aliphatic hydroxyl groups is 1. The third-order valence-electron chi connectivity index (χ3n) is 4.19. The quantitative estimate of drug-likeness (QED) is 0.833. The van der Waals surface area contributed by atoms with E-state index in [4.69, 9.17) is 4.74 Å². The Morgan fingerprint density at radius 1 is 1.56 bits per heavy atom. The standard InChI is InChI=1S/C14H23NO2S/c1-4-17-12-8-14(16,13(12,2)3)10-15-9-11-6-5-7-18-11/h5-7,12,15-16H,4,8-10H2,1-3H3/t12-,14+/m0/s1. The molecule has 2 N–H and O–H groups in total. The molecule has 1 aromatic rings. The molecule has 1 aromatic heterocycles. The molecule has 0 saturated heterocycles.